The molecule has 0 amide bonds. The number of nitrogens with two attached hydrogens (primary N) is 1. The molecule has 0 aliphatic carbocycles. The number of nitrogen functional groups attached to an aromatic ring is 1. The molecule has 0 saturated heterocycles. The van der Waals surface area contributed by atoms with Crippen molar-refractivity contribution in [1.82, 2.24) is 9.55 Å². The maximum absolute atomic E-state index is 13.0. The van der Waals surface area contributed by atoms with E-state index in [-0.39, 0.29) is 5.82 Å². The molecular formula is C12H16FN3. The summed E-state index contributed by atoms with van der Waals surface area (Å²) >= 11 is 0. The smallest absolute Gasteiger partial charge is 0.201 e. The Morgan fingerprint density at radius 3 is 2.94 bits per heavy atom. The second-order valence-corrected chi connectivity index (χ2v) is 3.96. The summed E-state index contributed by atoms with van der Waals surface area (Å²) in [5.74, 6) is 0.197. The number of aromatic nitrogens is 2. The number of hydrogen-bond acceptors (Lipinski definition) is 2. The van der Waals surface area contributed by atoms with Crippen LogP contribution < -0.4 is 5.73 Å². The zero-order chi connectivity index (χ0) is 11.5. The van der Waals surface area contributed by atoms with Gasteiger partial charge in [0, 0.05) is 12.6 Å². The van der Waals surface area contributed by atoms with Crippen LogP contribution in [-0.2, 0) is 6.54 Å². The number of unbranched alkanes of at least 4 members (excludes halogenated alkanes) is 2. The van der Waals surface area contributed by atoms with Crippen LogP contribution in [-0.4, -0.2) is 9.55 Å². The van der Waals surface area contributed by atoms with Crippen molar-refractivity contribution in [2.75, 3.05) is 5.73 Å². The zero-order valence-electron chi connectivity index (χ0n) is 9.41. The molecule has 0 saturated carbocycles. The van der Waals surface area contributed by atoms with Gasteiger partial charge in [0.2, 0.25) is 5.95 Å². The van der Waals surface area contributed by atoms with Gasteiger partial charge in [-0.3, -0.25) is 0 Å². The summed E-state index contributed by atoms with van der Waals surface area (Å²) < 4.78 is 14.9. The molecule has 4 heteroatoms. The number of benzene rings is 1. The zero-order valence-corrected chi connectivity index (χ0v) is 9.41. The lowest BCUT2D eigenvalue weighted by atomic mass is 10.2. The van der Waals surface area contributed by atoms with E-state index in [1.807, 2.05) is 4.57 Å². The molecule has 2 rings (SSSR count). The van der Waals surface area contributed by atoms with E-state index in [9.17, 15) is 4.39 Å². The first kappa shape index (κ1) is 10.9. The van der Waals surface area contributed by atoms with Crippen molar-refractivity contribution < 1.29 is 4.39 Å². The van der Waals surface area contributed by atoms with Gasteiger partial charge in [-0.05, 0) is 18.6 Å². The lowest BCUT2D eigenvalue weighted by molar-refractivity contribution is 0.617. The molecule has 1 aromatic heterocycles. The minimum Gasteiger partial charge on any atom is -0.369 e. The second-order valence-electron chi connectivity index (χ2n) is 3.96. The van der Waals surface area contributed by atoms with E-state index in [1.54, 1.807) is 6.07 Å². The third kappa shape index (κ3) is 2.01. The largest absolute Gasteiger partial charge is 0.369 e. The fourth-order valence-electron chi connectivity index (χ4n) is 1.88. The molecule has 3 nitrogen and oxygen atoms in total. The second kappa shape index (κ2) is 4.51. The van der Waals surface area contributed by atoms with Crippen molar-refractivity contribution >= 4 is 17.0 Å². The highest BCUT2D eigenvalue weighted by Gasteiger charge is 2.07. The Labute approximate surface area is 94.1 Å². The Morgan fingerprint density at radius 2 is 2.19 bits per heavy atom. The molecule has 2 N–H and O–H groups in total. The number of aryl methyl sites for hydroxylation is 1. The van der Waals surface area contributed by atoms with Crippen LogP contribution in [0.2, 0.25) is 0 Å². The molecule has 0 atom stereocenters. The van der Waals surface area contributed by atoms with Crippen molar-refractivity contribution in [3.63, 3.8) is 0 Å². The van der Waals surface area contributed by atoms with E-state index in [4.69, 9.17) is 5.73 Å². The fourth-order valence-corrected chi connectivity index (χ4v) is 1.88. The van der Waals surface area contributed by atoms with E-state index >= 15 is 0 Å². The third-order valence-electron chi connectivity index (χ3n) is 2.73. The summed E-state index contributed by atoms with van der Waals surface area (Å²) in [5.41, 5.74) is 7.36. The molecular weight excluding hydrogens is 205 g/mol. The molecule has 0 aliphatic heterocycles. The maximum atomic E-state index is 13.0. The van der Waals surface area contributed by atoms with Crippen LogP contribution in [0.1, 0.15) is 26.2 Å². The summed E-state index contributed by atoms with van der Waals surface area (Å²) in [4.78, 5) is 4.15. The number of hydrogen-bond donors (Lipinski definition) is 1. The predicted molar refractivity (Wildman–Crippen MR) is 63.6 cm³/mol. The van der Waals surface area contributed by atoms with E-state index in [2.05, 4.69) is 11.9 Å². The normalized spacial score (nSPS) is 11.1. The highest BCUT2D eigenvalue weighted by Crippen LogP contribution is 2.19. The Kier molecular flexibility index (Phi) is 3.08. The van der Waals surface area contributed by atoms with Crippen LogP contribution in [0.15, 0.2) is 18.2 Å². The predicted octanol–water partition coefficient (Wildman–Crippen LogP) is 2.95. The van der Waals surface area contributed by atoms with Crippen LogP contribution in [0.3, 0.4) is 0 Å². The Bertz CT molecular complexity index is 490. The monoisotopic (exact) mass is 221 g/mol. The quantitative estimate of drug-likeness (QED) is 0.807. The first-order valence-electron chi connectivity index (χ1n) is 5.63. The highest BCUT2D eigenvalue weighted by atomic mass is 19.1. The number of fused-ring (bicyclic) bond motifs is 1. The van der Waals surface area contributed by atoms with Gasteiger partial charge in [-0.2, -0.15) is 0 Å². The SMILES string of the molecule is CCCCCn1c(N)nc2cc(F)ccc21. The topological polar surface area (TPSA) is 43.8 Å². The van der Waals surface area contributed by atoms with Crippen molar-refractivity contribution in [1.29, 1.82) is 0 Å². The van der Waals surface area contributed by atoms with Crippen molar-refractivity contribution in [3.05, 3.63) is 24.0 Å². The van der Waals surface area contributed by atoms with Crippen LogP contribution in [0, 0.1) is 5.82 Å². The van der Waals surface area contributed by atoms with Gasteiger partial charge in [0.25, 0.3) is 0 Å². The van der Waals surface area contributed by atoms with E-state index < -0.39 is 0 Å². The van der Waals surface area contributed by atoms with Gasteiger partial charge >= 0.3 is 0 Å². The summed E-state index contributed by atoms with van der Waals surface area (Å²) in [7, 11) is 0. The summed E-state index contributed by atoms with van der Waals surface area (Å²) in [6.07, 6.45) is 3.41. The van der Waals surface area contributed by atoms with E-state index in [0.29, 0.717) is 11.5 Å². The average molecular weight is 221 g/mol. The fraction of sp³-hybridized carbons (Fsp3) is 0.417. The van der Waals surface area contributed by atoms with Gasteiger partial charge in [-0.25, -0.2) is 9.37 Å². The number of imidazole rings is 1. The molecule has 0 spiro atoms. The first-order chi connectivity index (χ1) is 7.72. The minimum absolute atomic E-state index is 0.272. The molecule has 86 valence electrons. The molecule has 2 aromatic rings. The summed E-state index contributed by atoms with van der Waals surface area (Å²) in [6, 6.07) is 4.60. The first-order valence-corrected chi connectivity index (χ1v) is 5.63. The van der Waals surface area contributed by atoms with Gasteiger partial charge in [-0.1, -0.05) is 19.8 Å². The molecule has 0 bridgehead atoms. The lowest BCUT2D eigenvalue weighted by Crippen LogP contribution is -2.03. The van der Waals surface area contributed by atoms with Gasteiger partial charge in [0.1, 0.15) is 5.82 Å². The van der Waals surface area contributed by atoms with Crippen LogP contribution >= 0.6 is 0 Å². The third-order valence-corrected chi connectivity index (χ3v) is 2.73. The van der Waals surface area contributed by atoms with Crippen LogP contribution in [0.5, 0.6) is 0 Å². The Hall–Kier alpha value is -1.58. The lowest BCUT2D eigenvalue weighted by Gasteiger charge is -2.05. The number of nitrogens with zero attached hydrogens (tertiary/aromatic N) is 2. The van der Waals surface area contributed by atoms with E-state index in [0.717, 1.165) is 18.5 Å². The number of rotatable bonds is 4. The van der Waals surface area contributed by atoms with Crippen LogP contribution in [0.25, 0.3) is 11.0 Å². The Morgan fingerprint density at radius 1 is 1.38 bits per heavy atom. The van der Waals surface area contributed by atoms with Gasteiger partial charge in [-0.15, -0.1) is 0 Å². The van der Waals surface area contributed by atoms with Crippen molar-refractivity contribution in [3.8, 4) is 0 Å². The highest BCUT2D eigenvalue weighted by molar-refractivity contribution is 5.78. The molecule has 16 heavy (non-hydrogen) atoms. The van der Waals surface area contributed by atoms with Crippen molar-refractivity contribution in [2.24, 2.45) is 0 Å². The molecule has 0 radical (unpaired) electrons. The summed E-state index contributed by atoms with van der Waals surface area (Å²) in [6.45, 7) is 3.01. The average Bonchev–Trinajstić information content (AvgIpc) is 2.55. The minimum atomic E-state index is -0.272. The van der Waals surface area contributed by atoms with Crippen molar-refractivity contribution in [2.45, 2.75) is 32.7 Å². The standard InChI is InChI=1S/C12H16FN3/c1-2-3-4-7-16-11-6-5-9(13)8-10(11)15-12(16)14/h5-6,8H,2-4,7H2,1H3,(H2,14,15). The van der Waals surface area contributed by atoms with Gasteiger partial charge < -0.3 is 10.3 Å². The summed E-state index contributed by atoms with van der Waals surface area (Å²) in [5, 5.41) is 0. The number of halogens is 1. The van der Waals surface area contributed by atoms with Crippen LogP contribution in [0.4, 0.5) is 10.3 Å². The Balaban J connectivity index is 2.32. The van der Waals surface area contributed by atoms with E-state index in [1.165, 1.54) is 25.0 Å². The molecule has 0 aliphatic rings. The van der Waals surface area contributed by atoms with Gasteiger partial charge in [0.15, 0.2) is 0 Å². The molecule has 1 aromatic carbocycles. The van der Waals surface area contributed by atoms with Gasteiger partial charge in [0.05, 0.1) is 11.0 Å². The molecule has 0 fully saturated rings. The molecule has 1 heterocycles. The number of anilines is 1. The molecule has 0 unspecified atom stereocenters. The maximum Gasteiger partial charge on any atom is 0.201 e.